The second-order valence-corrected chi connectivity index (χ2v) is 7.55. The summed E-state index contributed by atoms with van der Waals surface area (Å²) in [6.07, 6.45) is 2.64. The smallest absolute Gasteiger partial charge is 0.251 e. The van der Waals surface area contributed by atoms with Gasteiger partial charge in [0.2, 0.25) is 0 Å². The highest BCUT2D eigenvalue weighted by atomic mass is 16.5. The fourth-order valence-corrected chi connectivity index (χ4v) is 3.67. The Labute approximate surface area is 175 Å². The van der Waals surface area contributed by atoms with Crippen molar-refractivity contribution >= 4 is 16.8 Å². The zero-order chi connectivity index (χ0) is 20.9. The largest absolute Gasteiger partial charge is 0.367 e. The number of ether oxygens (including phenoxy) is 1. The Morgan fingerprint density at radius 3 is 2.93 bits per heavy atom. The molecule has 0 radical (unpaired) electrons. The number of aromatic nitrogens is 2. The number of nitrogens with one attached hydrogen (secondary N) is 2. The van der Waals surface area contributed by atoms with Crippen LogP contribution in [0.1, 0.15) is 12.0 Å². The first-order chi connectivity index (χ1) is 14.6. The van der Waals surface area contributed by atoms with Crippen LogP contribution < -0.4 is 10.6 Å². The number of carbonyl (C=O) groups is 1. The minimum Gasteiger partial charge on any atom is -0.367 e. The maximum atomic E-state index is 12.4. The fourth-order valence-electron chi connectivity index (χ4n) is 3.67. The number of carbonyl (C=O) groups excluding carboxylic acids is 1. The molecule has 2 aromatic carbocycles. The van der Waals surface area contributed by atoms with E-state index < -0.39 is 12.1 Å². The molecule has 0 unspecified atom stereocenters. The van der Waals surface area contributed by atoms with Crippen molar-refractivity contribution in [1.82, 2.24) is 20.4 Å². The molecule has 1 saturated heterocycles. The minimum atomic E-state index is -0.596. The molecule has 1 fully saturated rings. The van der Waals surface area contributed by atoms with Gasteiger partial charge in [0.15, 0.2) is 0 Å². The Balaban J connectivity index is 1.41. The van der Waals surface area contributed by atoms with Crippen LogP contribution in [-0.4, -0.2) is 47.5 Å². The van der Waals surface area contributed by atoms with E-state index in [2.05, 4.69) is 40.0 Å². The van der Waals surface area contributed by atoms with Crippen LogP contribution in [0, 0.1) is 11.3 Å². The third-order valence-corrected chi connectivity index (χ3v) is 5.39. The van der Waals surface area contributed by atoms with E-state index in [1.165, 1.54) is 0 Å². The van der Waals surface area contributed by atoms with E-state index in [9.17, 15) is 10.1 Å². The molecule has 2 N–H and O–H groups in total. The molecule has 1 amide bonds. The molecule has 0 spiro atoms. The quantitative estimate of drug-likeness (QED) is 0.681. The van der Waals surface area contributed by atoms with Gasteiger partial charge in [-0.15, -0.1) is 0 Å². The highest BCUT2D eigenvalue weighted by Crippen LogP contribution is 2.24. The first-order valence-corrected chi connectivity index (χ1v) is 10.2. The van der Waals surface area contributed by atoms with Crippen LogP contribution in [0.4, 0.5) is 0 Å². The van der Waals surface area contributed by atoms with Crippen LogP contribution in [0.5, 0.6) is 0 Å². The molecule has 7 nitrogen and oxygen atoms in total. The SMILES string of the molecule is Cn1ncc2ccc(-c3ccc(C[C@H](C#N)NC(=O)[C@@H]4CNCCCO4)cc3)cc21. The molecule has 3 aromatic rings. The van der Waals surface area contributed by atoms with Gasteiger partial charge in [-0.25, -0.2) is 0 Å². The predicted octanol–water partition coefficient (Wildman–Crippen LogP) is 2.17. The molecule has 1 aliphatic heterocycles. The Bertz CT molecular complexity index is 1060. The summed E-state index contributed by atoms with van der Waals surface area (Å²) >= 11 is 0. The van der Waals surface area contributed by atoms with E-state index in [4.69, 9.17) is 4.74 Å². The summed E-state index contributed by atoms with van der Waals surface area (Å²) in [5, 5.41) is 20.9. The highest BCUT2D eigenvalue weighted by molar-refractivity contribution is 5.84. The summed E-state index contributed by atoms with van der Waals surface area (Å²) in [6.45, 7) is 1.86. The lowest BCUT2D eigenvalue weighted by molar-refractivity contribution is -0.132. The van der Waals surface area contributed by atoms with E-state index in [0.717, 1.165) is 40.6 Å². The number of hydrogen-bond acceptors (Lipinski definition) is 5. The average molecular weight is 403 g/mol. The molecule has 2 heterocycles. The molecule has 0 aliphatic carbocycles. The monoisotopic (exact) mass is 403 g/mol. The highest BCUT2D eigenvalue weighted by Gasteiger charge is 2.23. The molecule has 7 heteroatoms. The number of rotatable bonds is 5. The fraction of sp³-hybridized carbons (Fsp3) is 0.348. The second kappa shape index (κ2) is 9.08. The van der Waals surface area contributed by atoms with Crippen molar-refractivity contribution in [3.05, 3.63) is 54.2 Å². The van der Waals surface area contributed by atoms with Crippen LogP contribution in [-0.2, 0) is 23.0 Å². The van der Waals surface area contributed by atoms with Gasteiger partial charge in [0.1, 0.15) is 12.1 Å². The molecule has 154 valence electrons. The first-order valence-electron chi connectivity index (χ1n) is 10.2. The summed E-state index contributed by atoms with van der Waals surface area (Å²) in [7, 11) is 1.93. The number of hydrogen-bond donors (Lipinski definition) is 2. The van der Waals surface area contributed by atoms with E-state index >= 15 is 0 Å². The minimum absolute atomic E-state index is 0.239. The maximum absolute atomic E-state index is 12.4. The first kappa shape index (κ1) is 20.1. The van der Waals surface area contributed by atoms with Crippen molar-refractivity contribution in [1.29, 1.82) is 5.26 Å². The maximum Gasteiger partial charge on any atom is 0.251 e. The Morgan fingerprint density at radius 1 is 1.33 bits per heavy atom. The molecule has 1 aromatic heterocycles. The van der Waals surface area contributed by atoms with Gasteiger partial charge in [-0.3, -0.25) is 9.48 Å². The van der Waals surface area contributed by atoms with Crippen LogP contribution in [0.2, 0.25) is 0 Å². The van der Waals surface area contributed by atoms with E-state index in [0.29, 0.717) is 19.6 Å². The normalized spacial score (nSPS) is 17.8. The number of aryl methyl sites for hydroxylation is 1. The van der Waals surface area contributed by atoms with Gasteiger partial charge in [-0.2, -0.15) is 10.4 Å². The summed E-state index contributed by atoms with van der Waals surface area (Å²) in [5.41, 5.74) is 4.28. The molecule has 30 heavy (non-hydrogen) atoms. The summed E-state index contributed by atoms with van der Waals surface area (Å²) in [4.78, 5) is 12.4. The summed E-state index contributed by atoms with van der Waals surface area (Å²) < 4.78 is 7.43. The van der Waals surface area contributed by atoms with Crippen molar-refractivity contribution in [2.24, 2.45) is 7.05 Å². The lowest BCUT2D eigenvalue weighted by Gasteiger charge is -2.18. The van der Waals surface area contributed by atoms with Crippen LogP contribution >= 0.6 is 0 Å². The van der Waals surface area contributed by atoms with Gasteiger partial charge < -0.3 is 15.4 Å². The van der Waals surface area contributed by atoms with Gasteiger partial charge in [-0.05, 0) is 35.7 Å². The zero-order valence-electron chi connectivity index (χ0n) is 17.0. The van der Waals surface area contributed by atoms with E-state index in [1.807, 2.05) is 42.2 Å². The van der Waals surface area contributed by atoms with Crippen molar-refractivity contribution in [3.63, 3.8) is 0 Å². The van der Waals surface area contributed by atoms with Crippen molar-refractivity contribution in [2.75, 3.05) is 19.7 Å². The van der Waals surface area contributed by atoms with Crippen LogP contribution in [0.3, 0.4) is 0 Å². The molecule has 2 atom stereocenters. The van der Waals surface area contributed by atoms with E-state index in [1.54, 1.807) is 0 Å². The lowest BCUT2D eigenvalue weighted by Crippen LogP contribution is -2.46. The van der Waals surface area contributed by atoms with Gasteiger partial charge in [0, 0.05) is 32.0 Å². The number of amides is 1. The Morgan fingerprint density at radius 2 is 2.13 bits per heavy atom. The van der Waals surface area contributed by atoms with Gasteiger partial charge in [0.05, 0.1) is 17.8 Å². The number of fused-ring (bicyclic) bond motifs is 1. The average Bonchev–Trinajstić information content (AvgIpc) is 2.96. The van der Waals surface area contributed by atoms with Crippen molar-refractivity contribution in [2.45, 2.75) is 25.0 Å². The third kappa shape index (κ3) is 4.51. The lowest BCUT2D eigenvalue weighted by atomic mass is 10.00. The van der Waals surface area contributed by atoms with Crippen molar-refractivity contribution < 1.29 is 9.53 Å². The molecule has 1 aliphatic rings. The van der Waals surface area contributed by atoms with Crippen molar-refractivity contribution in [3.8, 4) is 17.2 Å². The molecular formula is C23H25N5O2. The second-order valence-electron chi connectivity index (χ2n) is 7.55. The van der Waals surface area contributed by atoms with E-state index in [-0.39, 0.29) is 5.91 Å². The standard InChI is InChI=1S/C23H25N5O2/c1-28-21-12-18(7-8-19(21)14-26-28)17-5-3-16(4-6-17)11-20(13-24)27-23(29)22-15-25-9-2-10-30-22/h3-8,12,14,20,22,25H,2,9-11,15H2,1H3,(H,27,29)/t20-,22+/m1/s1. The zero-order valence-corrected chi connectivity index (χ0v) is 17.0. The van der Waals surface area contributed by atoms with Gasteiger partial charge in [0.25, 0.3) is 5.91 Å². The molecule has 0 saturated carbocycles. The van der Waals surface area contributed by atoms with Gasteiger partial charge in [-0.1, -0.05) is 36.4 Å². The third-order valence-electron chi connectivity index (χ3n) is 5.39. The molecule has 4 rings (SSSR count). The molecular weight excluding hydrogens is 378 g/mol. The molecule has 0 bridgehead atoms. The van der Waals surface area contributed by atoms with Gasteiger partial charge >= 0.3 is 0 Å². The number of nitriles is 1. The summed E-state index contributed by atoms with van der Waals surface area (Å²) in [5.74, 6) is -0.239. The topological polar surface area (TPSA) is 92.0 Å². The Kier molecular flexibility index (Phi) is 6.07. The van der Waals surface area contributed by atoms with Crippen LogP contribution in [0.15, 0.2) is 48.7 Å². The van der Waals surface area contributed by atoms with Crippen LogP contribution in [0.25, 0.3) is 22.0 Å². The number of nitrogens with zero attached hydrogens (tertiary/aromatic N) is 3. The number of benzene rings is 2. The predicted molar refractivity (Wildman–Crippen MR) is 115 cm³/mol. The Hall–Kier alpha value is -3.21. The summed E-state index contributed by atoms with van der Waals surface area (Å²) in [6, 6.07) is 16.0.